The van der Waals surface area contributed by atoms with E-state index in [1.807, 2.05) is 0 Å². The number of nitrogens with zero attached hydrogens (tertiary/aromatic N) is 3. The van der Waals surface area contributed by atoms with Gasteiger partial charge in [0, 0.05) is 18.3 Å². The SMILES string of the molecule is COc1c(Cl)ncnc1N1CC(CBr)CC1=O. The molecule has 92 valence electrons. The molecule has 0 aliphatic carbocycles. The summed E-state index contributed by atoms with van der Waals surface area (Å²) in [5.74, 6) is 1.11. The maximum atomic E-state index is 11.9. The van der Waals surface area contributed by atoms with Gasteiger partial charge in [0.25, 0.3) is 0 Å². The number of hydrogen-bond acceptors (Lipinski definition) is 4. The van der Waals surface area contributed by atoms with Gasteiger partial charge in [0.1, 0.15) is 6.33 Å². The average molecular weight is 321 g/mol. The predicted octanol–water partition coefficient (Wildman–Crippen LogP) is 1.89. The van der Waals surface area contributed by atoms with Crippen LogP contribution in [-0.4, -0.2) is 34.9 Å². The minimum absolute atomic E-state index is 0.0301. The van der Waals surface area contributed by atoms with Crippen LogP contribution in [0.2, 0.25) is 5.15 Å². The van der Waals surface area contributed by atoms with Gasteiger partial charge in [-0.2, -0.15) is 0 Å². The molecule has 1 amide bonds. The topological polar surface area (TPSA) is 55.3 Å². The van der Waals surface area contributed by atoms with Crippen LogP contribution in [0.3, 0.4) is 0 Å². The first kappa shape index (κ1) is 12.6. The van der Waals surface area contributed by atoms with E-state index < -0.39 is 0 Å². The molecular weight excluding hydrogens is 309 g/mol. The average Bonchev–Trinajstić information content (AvgIpc) is 2.70. The summed E-state index contributed by atoms with van der Waals surface area (Å²) < 4.78 is 5.14. The summed E-state index contributed by atoms with van der Waals surface area (Å²) in [4.78, 5) is 21.4. The molecule has 1 unspecified atom stereocenters. The van der Waals surface area contributed by atoms with Crippen LogP contribution in [0.1, 0.15) is 6.42 Å². The second-order valence-electron chi connectivity index (χ2n) is 3.75. The van der Waals surface area contributed by atoms with Gasteiger partial charge in [-0.15, -0.1) is 0 Å². The number of ether oxygens (including phenoxy) is 1. The fraction of sp³-hybridized carbons (Fsp3) is 0.500. The lowest BCUT2D eigenvalue weighted by Gasteiger charge is -2.18. The quantitative estimate of drug-likeness (QED) is 0.630. The largest absolute Gasteiger partial charge is 0.490 e. The molecule has 1 saturated heterocycles. The third kappa shape index (κ3) is 2.37. The van der Waals surface area contributed by atoms with Crippen LogP contribution in [0.25, 0.3) is 0 Å². The Morgan fingerprint density at radius 2 is 2.41 bits per heavy atom. The van der Waals surface area contributed by atoms with Crippen molar-refractivity contribution in [2.24, 2.45) is 5.92 Å². The first-order chi connectivity index (χ1) is 8.17. The van der Waals surface area contributed by atoms with Crippen LogP contribution in [0.15, 0.2) is 6.33 Å². The van der Waals surface area contributed by atoms with Crippen molar-refractivity contribution in [1.82, 2.24) is 9.97 Å². The Hall–Kier alpha value is -0.880. The predicted molar refractivity (Wildman–Crippen MR) is 67.8 cm³/mol. The zero-order chi connectivity index (χ0) is 12.4. The van der Waals surface area contributed by atoms with Gasteiger partial charge in [0.15, 0.2) is 16.7 Å². The van der Waals surface area contributed by atoms with Crippen LogP contribution in [0.4, 0.5) is 5.82 Å². The van der Waals surface area contributed by atoms with Gasteiger partial charge in [-0.05, 0) is 5.92 Å². The monoisotopic (exact) mass is 319 g/mol. The minimum Gasteiger partial charge on any atom is -0.490 e. The molecule has 1 aliphatic heterocycles. The number of hydrogen-bond donors (Lipinski definition) is 0. The molecule has 0 spiro atoms. The molecule has 1 aromatic rings. The molecule has 0 aromatic carbocycles. The molecule has 1 aromatic heterocycles. The fourth-order valence-corrected chi connectivity index (χ4v) is 2.44. The van der Waals surface area contributed by atoms with Gasteiger partial charge in [0.05, 0.1) is 7.11 Å². The number of carbonyl (C=O) groups is 1. The van der Waals surface area contributed by atoms with Crippen molar-refractivity contribution in [3.8, 4) is 5.75 Å². The highest BCUT2D eigenvalue weighted by Crippen LogP contribution is 2.35. The summed E-state index contributed by atoms with van der Waals surface area (Å²) in [6.07, 6.45) is 1.84. The number of anilines is 1. The summed E-state index contributed by atoms with van der Waals surface area (Å²) >= 11 is 9.29. The number of methoxy groups -OCH3 is 1. The lowest BCUT2D eigenvalue weighted by Crippen LogP contribution is -2.26. The molecule has 2 rings (SSSR count). The number of rotatable bonds is 3. The normalized spacial score (nSPS) is 19.8. The number of carbonyl (C=O) groups excluding carboxylic acids is 1. The first-order valence-corrected chi connectivity index (χ1v) is 6.58. The van der Waals surface area contributed by atoms with Crippen molar-refractivity contribution in [3.63, 3.8) is 0 Å². The Morgan fingerprint density at radius 1 is 1.65 bits per heavy atom. The van der Waals surface area contributed by atoms with E-state index in [0.29, 0.717) is 30.5 Å². The lowest BCUT2D eigenvalue weighted by atomic mass is 10.2. The molecule has 17 heavy (non-hydrogen) atoms. The van der Waals surface area contributed by atoms with E-state index in [-0.39, 0.29) is 11.1 Å². The molecular formula is C10H11BrClN3O2. The van der Waals surface area contributed by atoms with Crippen LogP contribution in [0.5, 0.6) is 5.75 Å². The lowest BCUT2D eigenvalue weighted by molar-refractivity contribution is -0.117. The van der Waals surface area contributed by atoms with E-state index in [0.717, 1.165) is 5.33 Å². The third-order valence-electron chi connectivity index (χ3n) is 2.62. The zero-order valence-electron chi connectivity index (χ0n) is 9.19. The van der Waals surface area contributed by atoms with Gasteiger partial charge < -0.3 is 4.74 Å². The molecule has 0 saturated carbocycles. The van der Waals surface area contributed by atoms with E-state index in [2.05, 4.69) is 25.9 Å². The molecule has 1 fully saturated rings. The van der Waals surface area contributed by atoms with E-state index in [9.17, 15) is 4.79 Å². The van der Waals surface area contributed by atoms with Crippen LogP contribution in [-0.2, 0) is 4.79 Å². The maximum absolute atomic E-state index is 11.9. The Bertz CT molecular complexity index is 444. The summed E-state index contributed by atoms with van der Waals surface area (Å²) in [6.45, 7) is 0.619. The standard InChI is InChI=1S/C10H11BrClN3O2/c1-17-8-9(12)13-5-14-10(8)15-4-6(3-11)2-7(15)16/h5-6H,2-4H2,1H3. The Balaban J connectivity index is 2.34. The highest BCUT2D eigenvalue weighted by Gasteiger charge is 2.33. The summed E-state index contributed by atoms with van der Waals surface area (Å²) in [5, 5.41) is 1.00. The van der Waals surface area contributed by atoms with Crippen molar-refractivity contribution < 1.29 is 9.53 Å². The zero-order valence-corrected chi connectivity index (χ0v) is 11.5. The molecule has 5 nitrogen and oxygen atoms in total. The van der Waals surface area contributed by atoms with E-state index >= 15 is 0 Å². The van der Waals surface area contributed by atoms with E-state index in [1.165, 1.54) is 13.4 Å². The molecule has 1 aliphatic rings. The summed E-state index contributed by atoms with van der Waals surface area (Å²) in [6, 6.07) is 0. The van der Waals surface area contributed by atoms with Crippen molar-refractivity contribution in [1.29, 1.82) is 0 Å². The maximum Gasteiger partial charge on any atom is 0.228 e. The Morgan fingerprint density at radius 3 is 3.00 bits per heavy atom. The molecule has 2 heterocycles. The van der Waals surface area contributed by atoms with Crippen LogP contribution in [0, 0.1) is 5.92 Å². The molecule has 7 heteroatoms. The molecule has 0 radical (unpaired) electrons. The van der Waals surface area contributed by atoms with Crippen molar-refractivity contribution >= 4 is 39.3 Å². The second-order valence-corrected chi connectivity index (χ2v) is 4.76. The van der Waals surface area contributed by atoms with E-state index in [1.54, 1.807) is 4.90 Å². The van der Waals surface area contributed by atoms with Crippen molar-refractivity contribution in [3.05, 3.63) is 11.5 Å². The number of alkyl halides is 1. The van der Waals surface area contributed by atoms with Gasteiger partial charge in [0.2, 0.25) is 5.91 Å². The van der Waals surface area contributed by atoms with Crippen molar-refractivity contribution in [2.75, 3.05) is 23.9 Å². The fourth-order valence-electron chi connectivity index (χ4n) is 1.80. The molecule has 0 bridgehead atoms. The van der Waals surface area contributed by atoms with Gasteiger partial charge >= 0.3 is 0 Å². The highest BCUT2D eigenvalue weighted by molar-refractivity contribution is 9.09. The minimum atomic E-state index is 0.0301. The smallest absolute Gasteiger partial charge is 0.228 e. The summed E-state index contributed by atoms with van der Waals surface area (Å²) in [5.41, 5.74) is 0. The van der Waals surface area contributed by atoms with Gasteiger partial charge in [-0.3, -0.25) is 9.69 Å². The number of halogens is 2. The second kappa shape index (κ2) is 5.18. The van der Waals surface area contributed by atoms with E-state index in [4.69, 9.17) is 16.3 Å². The third-order valence-corrected chi connectivity index (χ3v) is 3.81. The van der Waals surface area contributed by atoms with Crippen LogP contribution >= 0.6 is 27.5 Å². The number of aromatic nitrogens is 2. The molecule has 0 N–H and O–H groups in total. The Labute approximate surface area is 112 Å². The van der Waals surface area contributed by atoms with Gasteiger partial charge in [-0.25, -0.2) is 9.97 Å². The Kier molecular flexibility index (Phi) is 3.83. The summed E-state index contributed by atoms with van der Waals surface area (Å²) in [7, 11) is 1.48. The first-order valence-electron chi connectivity index (χ1n) is 5.08. The number of amides is 1. The van der Waals surface area contributed by atoms with Crippen molar-refractivity contribution in [2.45, 2.75) is 6.42 Å². The van der Waals surface area contributed by atoms with Gasteiger partial charge in [-0.1, -0.05) is 27.5 Å². The molecule has 1 atom stereocenters. The highest BCUT2D eigenvalue weighted by atomic mass is 79.9. The van der Waals surface area contributed by atoms with Crippen LogP contribution < -0.4 is 9.64 Å².